The largest absolute Gasteiger partial charge is 0.461 e. The fraction of sp³-hybridized carbons (Fsp3) is 0.308. The van der Waals surface area contributed by atoms with Crippen molar-refractivity contribution >= 4 is 21.9 Å². The van der Waals surface area contributed by atoms with E-state index < -0.39 is 12.5 Å². The monoisotopic (exact) mass is 361 g/mol. The van der Waals surface area contributed by atoms with Gasteiger partial charge in [-0.15, -0.1) is 0 Å². The van der Waals surface area contributed by atoms with Gasteiger partial charge in [0.2, 0.25) is 0 Å². The Hall–Kier alpha value is -1.67. The number of nitrogens with one attached hydrogen (secondary N) is 1. The maximum atomic E-state index is 13.1. The lowest BCUT2D eigenvalue weighted by Crippen LogP contribution is -2.46. The Morgan fingerprint density at radius 3 is 2.62 bits per heavy atom. The highest BCUT2D eigenvalue weighted by Crippen LogP contribution is 2.29. The van der Waals surface area contributed by atoms with E-state index in [2.05, 4.69) is 21.4 Å². The Kier molecular flexibility index (Phi) is 5.13. The molecule has 1 aromatic rings. The highest BCUT2D eigenvalue weighted by Gasteiger charge is 2.37. The van der Waals surface area contributed by atoms with E-state index in [0.29, 0.717) is 5.12 Å². The molecule has 8 heteroatoms. The van der Waals surface area contributed by atoms with Gasteiger partial charge in [-0.3, -0.25) is 10.4 Å². The second kappa shape index (κ2) is 6.86. The average Bonchev–Trinajstić information content (AvgIpc) is 2.78. The van der Waals surface area contributed by atoms with Crippen molar-refractivity contribution in [3.8, 4) is 0 Å². The number of hydrogen-bond donors (Lipinski definition) is 1. The van der Waals surface area contributed by atoms with E-state index in [1.807, 2.05) is 30.3 Å². The lowest BCUT2D eigenvalue weighted by atomic mass is 10.2. The molecule has 0 spiro atoms. The Bertz CT molecular complexity index is 539. The zero-order valence-corrected chi connectivity index (χ0v) is 12.8. The van der Waals surface area contributed by atoms with E-state index in [1.165, 1.54) is 5.01 Å². The maximum Gasteiger partial charge on any atom is 0.358 e. The van der Waals surface area contributed by atoms with E-state index >= 15 is 0 Å². The highest BCUT2D eigenvalue weighted by molar-refractivity contribution is 9.11. The zero-order chi connectivity index (χ0) is 15.4. The molecule has 114 valence electrons. The van der Waals surface area contributed by atoms with Crippen LogP contribution in [0.3, 0.4) is 0 Å². The number of hydrazine groups is 2. The summed E-state index contributed by atoms with van der Waals surface area (Å²) >= 11 is 3.18. The topological polar surface area (TPSA) is 44.8 Å². The van der Waals surface area contributed by atoms with Crippen LogP contribution in [0.25, 0.3) is 0 Å². The summed E-state index contributed by atoms with van der Waals surface area (Å²) in [5, 5.41) is 1.83. The van der Waals surface area contributed by atoms with Gasteiger partial charge >= 0.3 is 12.5 Å². The first kappa shape index (κ1) is 15.7. The summed E-state index contributed by atoms with van der Waals surface area (Å²) in [6.07, 6.45) is 0. The molecule has 0 atom stereocenters. The number of rotatable bonds is 5. The van der Waals surface area contributed by atoms with Crippen molar-refractivity contribution in [1.29, 1.82) is 0 Å². The van der Waals surface area contributed by atoms with Crippen LogP contribution >= 0.6 is 15.9 Å². The van der Waals surface area contributed by atoms with Gasteiger partial charge in [-0.2, -0.15) is 8.78 Å². The first-order chi connectivity index (χ1) is 10.0. The molecule has 0 bridgehead atoms. The van der Waals surface area contributed by atoms with E-state index in [9.17, 15) is 13.6 Å². The number of benzene rings is 1. The SMILES string of the molecule is CCOC(=O)C1=C(Br)N(Cc2ccccc2)N(C(F)F)N1. The number of esters is 1. The van der Waals surface area contributed by atoms with Gasteiger partial charge in [0, 0.05) is 0 Å². The van der Waals surface area contributed by atoms with Gasteiger partial charge in [-0.05, 0) is 28.4 Å². The summed E-state index contributed by atoms with van der Waals surface area (Å²) in [7, 11) is 0. The van der Waals surface area contributed by atoms with Crippen LogP contribution in [0, 0.1) is 0 Å². The number of halogens is 3. The number of carbonyl (C=O) groups excluding carboxylic acids is 1. The molecule has 21 heavy (non-hydrogen) atoms. The summed E-state index contributed by atoms with van der Waals surface area (Å²) < 4.78 is 31.3. The molecular weight excluding hydrogens is 348 g/mol. The van der Waals surface area contributed by atoms with E-state index in [-0.39, 0.29) is 23.5 Å². The van der Waals surface area contributed by atoms with Crippen LogP contribution in [0.2, 0.25) is 0 Å². The predicted octanol–water partition coefficient (Wildman–Crippen LogP) is 2.57. The van der Waals surface area contributed by atoms with Crippen molar-refractivity contribution in [3.63, 3.8) is 0 Å². The minimum absolute atomic E-state index is 0.0481. The fourth-order valence-corrected chi connectivity index (χ4v) is 2.38. The molecule has 0 aliphatic carbocycles. The van der Waals surface area contributed by atoms with Crippen molar-refractivity contribution in [1.82, 2.24) is 15.6 Å². The van der Waals surface area contributed by atoms with E-state index in [1.54, 1.807) is 6.92 Å². The molecule has 1 aliphatic heterocycles. The predicted molar refractivity (Wildman–Crippen MR) is 75.5 cm³/mol. The van der Waals surface area contributed by atoms with Gasteiger partial charge in [-0.1, -0.05) is 35.4 Å². The molecule has 1 heterocycles. The summed E-state index contributed by atoms with van der Waals surface area (Å²) in [5.74, 6) is -0.689. The van der Waals surface area contributed by atoms with Crippen LogP contribution in [0.5, 0.6) is 0 Å². The second-order valence-electron chi connectivity index (χ2n) is 4.16. The van der Waals surface area contributed by atoms with Gasteiger partial charge in [0.1, 0.15) is 4.61 Å². The number of alkyl halides is 2. The van der Waals surface area contributed by atoms with Gasteiger partial charge in [0.05, 0.1) is 13.2 Å². The summed E-state index contributed by atoms with van der Waals surface area (Å²) in [6, 6.07) is 9.09. The van der Waals surface area contributed by atoms with E-state index in [4.69, 9.17) is 4.74 Å². The molecule has 1 aromatic carbocycles. The van der Waals surface area contributed by atoms with Crippen molar-refractivity contribution in [2.75, 3.05) is 6.61 Å². The molecule has 0 radical (unpaired) electrons. The summed E-state index contributed by atoms with van der Waals surface area (Å²) in [5.41, 5.74) is 3.14. The number of ether oxygens (including phenoxy) is 1. The number of nitrogens with zero attached hydrogens (tertiary/aromatic N) is 2. The molecule has 5 nitrogen and oxygen atoms in total. The van der Waals surface area contributed by atoms with Gasteiger partial charge in [0.25, 0.3) is 0 Å². The van der Waals surface area contributed by atoms with Crippen LogP contribution in [0.1, 0.15) is 12.5 Å². The molecule has 0 saturated heterocycles. The van der Waals surface area contributed by atoms with Crippen LogP contribution in [-0.4, -0.2) is 29.3 Å². The smallest absolute Gasteiger partial charge is 0.358 e. The second-order valence-corrected chi connectivity index (χ2v) is 4.91. The number of carbonyl (C=O) groups is 1. The lowest BCUT2D eigenvalue weighted by Gasteiger charge is -2.28. The van der Waals surface area contributed by atoms with Crippen molar-refractivity contribution in [2.45, 2.75) is 20.0 Å². The molecule has 0 amide bonds. The van der Waals surface area contributed by atoms with Gasteiger partial charge in [0.15, 0.2) is 5.70 Å². The average molecular weight is 362 g/mol. The number of hydrogen-bond acceptors (Lipinski definition) is 5. The van der Waals surface area contributed by atoms with Crippen molar-refractivity contribution < 1.29 is 18.3 Å². The Morgan fingerprint density at radius 2 is 2.05 bits per heavy atom. The molecule has 0 saturated carbocycles. The minimum atomic E-state index is -2.81. The molecule has 1 aliphatic rings. The summed E-state index contributed by atoms with van der Waals surface area (Å²) in [6.45, 7) is -0.819. The van der Waals surface area contributed by atoms with E-state index in [0.717, 1.165) is 5.56 Å². The van der Waals surface area contributed by atoms with Crippen LogP contribution < -0.4 is 5.43 Å². The zero-order valence-electron chi connectivity index (χ0n) is 11.2. The molecule has 0 fully saturated rings. The third kappa shape index (κ3) is 3.51. The van der Waals surface area contributed by atoms with Gasteiger partial charge < -0.3 is 4.74 Å². The Labute approximate surface area is 129 Å². The maximum absolute atomic E-state index is 13.1. The lowest BCUT2D eigenvalue weighted by molar-refractivity contribution is -0.160. The van der Waals surface area contributed by atoms with Crippen molar-refractivity contribution in [3.05, 3.63) is 46.2 Å². The molecule has 0 aromatic heterocycles. The first-order valence-electron chi connectivity index (χ1n) is 6.27. The van der Waals surface area contributed by atoms with Crippen LogP contribution in [0.15, 0.2) is 40.6 Å². The Balaban J connectivity index is 2.24. The molecular formula is C13H14BrF2N3O2. The highest BCUT2D eigenvalue weighted by atomic mass is 79.9. The minimum Gasteiger partial charge on any atom is -0.461 e. The van der Waals surface area contributed by atoms with Crippen LogP contribution in [0.4, 0.5) is 8.78 Å². The van der Waals surface area contributed by atoms with Crippen molar-refractivity contribution in [2.24, 2.45) is 0 Å². The quantitative estimate of drug-likeness (QED) is 0.645. The summed E-state index contributed by atoms with van der Waals surface area (Å²) in [4.78, 5) is 11.8. The standard InChI is InChI=1S/C13H14BrF2N3O2/c1-2-21-12(20)10-11(14)18(19(17-10)13(15)16)8-9-6-4-3-5-7-9/h3-7,13,17H,2,8H2,1H3. The molecule has 1 N–H and O–H groups in total. The molecule has 2 rings (SSSR count). The van der Waals surface area contributed by atoms with Crippen LogP contribution in [-0.2, 0) is 16.1 Å². The third-order valence-electron chi connectivity index (χ3n) is 2.76. The fourth-order valence-electron chi connectivity index (χ4n) is 1.83. The third-order valence-corrected chi connectivity index (χ3v) is 3.56. The first-order valence-corrected chi connectivity index (χ1v) is 7.06. The normalized spacial score (nSPS) is 15.6. The molecule has 0 unspecified atom stereocenters. The van der Waals surface area contributed by atoms with Gasteiger partial charge in [-0.25, -0.2) is 4.79 Å². The Morgan fingerprint density at radius 1 is 1.38 bits per heavy atom.